The second-order valence-electron chi connectivity index (χ2n) is 7.38. The molecule has 8 heteroatoms. The number of benzene rings is 2. The average molecular weight is 425 g/mol. The van der Waals surface area contributed by atoms with E-state index >= 15 is 0 Å². The van der Waals surface area contributed by atoms with E-state index in [1.807, 2.05) is 30.3 Å². The summed E-state index contributed by atoms with van der Waals surface area (Å²) in [5.74, 6) is 2.20. The molecule has 154 valence electrons. The smallest absolute Gasteiger partial charge is 0.252 e. The van der Waals surface area contributed by atoms with Crippen molar-refractivity contribution in [3.8, 4) is 22.8 Å². The third-order valence-electron chi connectivity index (χ3n) is 5.39. The fourth-order valence-corrected chi connectivity index (χ4v) is 4.05. The van der Waals surface area contributed by atoms with Crippen molar-refractivity contribution in [3.05, 3.63) is 69.5 Å². The quantitative estimate of drug-likeness (QED) is 0.693. The first kappa shape index (κ1) is 19.0. The van der Waals surface area contributed by atoms with Gasteiger partial charge in [0.25, 0.3) is 5.56 Å². The summed E-state index contributed by atoms with van der Waals surface area (Å²) in [6.45, 7) is 4.42. The number of rotatable bonds is 4. The number of nitrogens with one attached hydrogen (secondary N) is 1. The SMILES string of the molecule is O=c1cc(-c2ccccc2Cl)nc(N2CCN(Cc3ccc4c(c3)OCO4)CC2)[nH]1. The highest BCUT2D eigenvalue weighted by Crippen LogP contribution is 2.33. The number of halogens is 1. The van der Waals surface area contributed by atoms with Gasteiger partial charge in [-0.05, 0) is 23.8 Å². The molecule has 3 aromatic rings. The van der Waals surface area contributed by atoms with Crippen LogP contribution in [0.5, 0.6) is 11.5 Å². The standard InChI is InChI=1S/C22H21ClN4O3/c23-17-4-2-1-3-16(17)18-12-21(28)25-22(24-18)27-9-7-26(8-10-27)13-15-5-6-19-20(11-15)30-14-29-19/h1-6,11-12H,7-10,13-14H2,(H,24,25,28). The molecule has 1 saturated heterocycles. The van der Waals surface area contributed by atoms with Crippen molar-refractivity contribution in [3.63, 3.8) is 0 Å². The fourth-order valence-electron chi connectivity index (χ4n) is 3.82. The number of hydrogen-bond donors (Lipinski definition) is 1. The Morgan fingerprint density at radius 1 is 1.00 bits per heavy atom. The minimum Gasteiger partial charge on any atom is -0.454 e. The Kier molecular flexibility index (Phi) is 5.06. The maximum absolute atomic E-state index is 12.2. The van der Waals surface area contributed by atoms with Gasteiger partial charge in [0, 0.05) is 49.4 Å². The van der Waals surface area contributed by atoms with Crippen molar-refractivity contribution in [1.82, 2.24) is 14.9 Å². The predicted molar refractivity (Wildman–Crippen MR) is 115 cm³/mol. The third kappa shape index (κ3) is 3.86. The van der Waals surface area contributed by atoms with E-state index in [-0.39, 0.29) is 12.4 Å². The topological polar surface area (TPSA) is 70.7 Å². The van der Waals surface area contributed by atoms with Crippen LogP contribution in [0.2, 0.25) is 5.02 Å². The highest BCUT2D eigenvalue weighted by molar-refractivity contribution is 6.33. The van der Waals surface area contributed by atoms with Crippen LogP contribution in [0.25, 0.3) is 11.3 Å². The number of aromatic amines is 1. The largest absolute Gasteiger partial charge is 0.454 e. The summed E-state index contributed by atoms with van der Waals surface area (Å²) in [6, 6.07) is 15.0. The predicted octanol–water partition coefficient (Wildman–Crippen LogP) is 3.14. The van der Waals surface area contributed by atoms with E-state index in [4.69, 9.17) is 21.1 Å². The van der Waals surface area contributed by atoms with Gasteiger partial charge in [0.15, 0.2) is 11.5 Å². The molecule has 5 rings (SSSR count). The molecule has 0 radical (unpaired) electrons. The van der Waals surface area contributed by atoms with Crippen LogP contribution in [-0.4, -0.2) is 47.8 Å². The summed E-state index contributed by atoms with van der Waals surface area (Å²) in [5, 5.41) is 0.579. The normalized spacial score (nSPS) is 16.1. The number of ether oxygens (including phenoxy) is 2. The Bertz CT molecular complexity index is 1130. The molecule has 1 N–H and O–H groups in total. The lowest BCUT2D eigenvalue weighted by molar-refractivity contribution is 0.174. The molecule has 0 atom stereocenters. The summed E-state index contributed by atoms with van der Waals surface area (Å²) in [7, 11) is 0. The number of hydrogen-bond acceptors (Lipinski definition) is 6. The minimum absolute atomic E-state index is 0.183. The van der Waals surface area contributed by atoms with Gasteiger partial charge in [-0.3, -0.25) is 14.7 Å². The van der Waals surface area contributed by atoms with Crippen molar-refractivity contribution >= 4 is 17.5 Å². The molecule has 30 heavy (non-hydrogen) atoms. The molecule has 1 fully saturated rings. The number of nitrogens with zero attached hydrogens (tertiary/aromatic N) is 3. The number of aromatic nitrogens is 2. The van der Waals surface area contributed by atoms with Gasteiger partial charge < -0.3 is 14.4 Å². The summed E-state index contributed by atoms with van der Waals surface area (Å²) < 4.78 is 10.8. The second kappa shape index (κ2) is 8.01. The van der Waals surface area contributed by atoms with Crippen molar-refractivity contribution in [2.75, 3.05) is 37.9 Å². The van der Waals surface area contributed by atoms with Crippen LogP contribution >= 0.6 is 11.6 Å². The van der Waals surface area contributed by atoms with Crippen LogP contribution in [0.3, 0.4) is 0 Å². The van der Waals surface area contributed by atoms with Crippen LogP contribution in [0.15, 0.2) is 53.3 Å². The van der Waals surface area contributed by atoms with Crippen LogP contribution < -0.4 is 19.9 Å². The monoisotopic (exact) mass is 424 g/mol. The van der Waals surface area contributed by atoms with Gasteiger partial charge >= 0.3 is 0 Å². The lowest BCUT2D eigenvalue weighted by Gasteiger charge is -2.35. The summed E-state index contributed by atoms with van der Waals surface area (Å²) in [4.78, 5) is 24.3. The van der Waals surface area contributed by atoms with Crippen molar-refractivity contribution in [1.29, 1.82) is 0 Å². The van der Waals surface area contributed by atoms with Crippen molar-refractivity contribution in [2.45, 2.75) is 6.54 Å². The Hall–Kier alpha value is -3.03. The average Bonchev–Trinajstić information content (AvgIpc) is 3.22. The molecule has 0 aliphatic carbocycles. The Labute approximate surface area is 178 Å². The van der Waals surface area contributed by atoms with E-state index in [0.717, 1.165) is 49.8 Å². The molecule has 0 bridgehead atoms. The Balaban J connectivity index is 1.28. The van der Waals surface area contributed by atoms with E-state index in [2.05, 4.69) is 25.8 Å². The van der Waals surface area contributed by atoms with Gasteiger partial charge in [-0.2, -0.15) is 0 Å². The zero-order valence-electron chi connectivity index (χ0n) is 16.3. The maximum atomic E-state index is 12.2. The van der Waals surface area contributed by atoms with Gasteiger partial charge in [-0.1, -0.05) is 35.9 Å². The Morgan fingerprint density at radius 3 is 2.63 bits per heavy atom. The van der Waals surface area contributed by atoms with Gasteiger partial charge in [0.2, 0.25) is 12.7 Å². The minimum atomic E-state index is -0.183. The van der Waals surface area contributed by atoms with Crippen LogP contribution in [0.4, 0.5) is 5.95 Å². The second-order valence-corrected chi connectivity index (χ2v) is 7.79. The van der Waals surface area contributed by atoms with E-state index in [9.17, 15) is 4.79 Å². The van der Waals surface area contributed by atoms with Crippen LogP contribution in [0.1, 0.15) is 5.56 Å². The van der Waals surface area contributed by atoms with E-state index in [1.54, 1.807) is 6.07 Å². The van der Waals surface area contributed by atoms with Crippen LogP contribution in [-0.2, 0) is 6.54 Å². The maximum Gasteiger partial charge on any atom is 0.252 e. The molecule has 1 aromatic heterocycles. The number of fused-ring (bicyclic) bond motifs is 1. The fraction of sp³-hybridized carbons (Fsp3) is 0.273. The first-order valence-electron chi connectivity index (χ1n) is 9.88. The lowest BCUT2D eigenvalue weighted by atomic mass is 10.1. The molecular formula is C22H21ClN4O3. The number of H-pyrrole nitrogens is 1. The Morgan fingerprint density at radius 2 is 1.80 bits per heavy atom. The summed E-state index contributed by atoms with van der Waals surface area (Å²) in [6.07, 6.45) is 0. The van der Waals surface area contributed by atoms with Crippen molar-refractivity contribution in [2.24, 2.45) is 0 Å². The third-order valence-corrected chi connectivity index (χ3v) is 5.72. The van der Waals surface area contributed by atoms with Crippen molar-refractivity contribution < 1.29 is 9.47 Å². The zero-order valence-corrected chi connectivity index (χ0v) is 17.1. The van der Waals surface area contributed by atoms with E-state index < -0.39 is 0 Å². The molecule has 0 amide bonds. The molecule has 0 unspecified atom stereocenters. The molecular weight excluding hydrogens is 404 g/mol. The highest BCUT2D eigenvalue weighted by Gasteiger charge is 2.21. The van der Waals surface area contributed by atoms with Gasteiger partial charge in [0.05, 0.1) is 5.69 Å². The first-order chi connectivity index (χ1) is 14.7. The molecule has 3 heterocycles. The zero-order chi connectivity index (χ0) is 20.5. The van der Waals surface area contributed by atoms with Gasteiger partial charge in [-0.15, -0.1) is 0 Å². The van der Waals surface area contributed by atoms with Gasteiger partial charge in [0.1, 0.15) is 0 Å². The molecule has 0 spiro atoms. The van der Waals surface area contributed by atoms with Gasteiger partial charge in [-0.25, -0.2) is 4.98 Å². The number of piperazine rings is 1. The first-order valence-corrected chi connectivity index (χ1v) is 10.3. The summed E-state index contributed by atoms with van der Waals surface area (Å²) >= 11 is 6.29. The number of anilines is 1. The molecule has 2 aromatic carbocycles. The molecule has 2 aliphatic rings. The molecule has 0 saturated carbocycles. The molecule has 2 aliphatic heterocycles. The van der Waals surface area contributed by atoms with E-state index in [0.29, 0.717) is 16.7 Å². The molecule has 7 nitrogen and oxygen atoms in total. The van der Waals surface area contributed by atoms with Crippen LogP contribution in [0, 0.1) is 0 Å². The summed E-state index contributed by atoms with van der Waals surface area (Å²) in [5.41, 5.74) is 2.35. The lowest BCUT2D eigenvalue weighted by Crippen LogP contribution is -2.47. The highest BCUT2D eigenvalue weighted by atomic mass is 35.5. The van der Waals surface area contributed by atoms with E-state index in [1.165, 1.54) is 11.6 Å².